The van der Waals surface area contributed by atoms with Gasteiger partial charge in [-0.2, -0.15) is 4.98 Å². The summed E-state index contributed by atoms with van der Waals surface area (Å²) in [5, 5.41) is 3.97. The molecule has 7 nitrogen and oxygen atoms in total. The van der Waals surface area contributed by atoms with Crippen molar-refractivity contribution >= 4 is 11.6 Å². The molecule has 3 aromatic rings. The zero-order valence-electron chi connectivity index (χ0n) is 13.8. The summed E-state index contributed by atoms with van der Waals surface area (Å²) >= 11 is 0. The topological polar surface area (TPSA) is 98.4 Å². The monoisotopic (exact) mass is 338 g/mol. The van der Waals surface area contributed by atoms with Crippen LogP contribution in [0.15, 0.2) is 51.6 Å². The van der Waals surface area contributed by atoms with Gasteiger partial charge >= 0.3 is 0 Å². The molecule has 0 unspecified atom stereocenters. The number of rotatable bonds is 4. The minimum absolute atomic E-state index is 0.117. The summed E-state index contributed by atoms with van der Waals surface area (Å²) in [6.07, 6.45) is 2.23. The number of hydrogen-bond acceptors (Lipinski definition) is 6. The van der Waals surface area contributed by atoms with Gasteiger partial charge in [0, 0.05) is 11.7 Å². The molecule has 0 fully saturated rings. The van der Waals surface area contributed by atoms with Crippen LogP contribution in [-0.2, 0) is 11.3 Å². The van der Waals surface area contributed by atoms with Crippen LogP contribution in [-0.4, -0.2) is 22.1 Å². The first kappa shape index (κ1) is 15.4. The molecule has 2 aromatic heterocycles. The lowest BCUT2D eigenvalue weighted by atomic mass is 9.85. The van der Waals surface area contributed by atoms with Gasteiger partial charge in [-0.05, 0) is 37.1 Å². The average Bonchev–Trinajstić information content (AvgIpc) is 3.28. The smallest absolute Gasteiger partial charge is 0.246 e. The maximum Gasteiger partial charge on any atom is 0.246 e. The van der Waals surface area contributed by atoms with Crippen LogP contribution >= 0.6 is 0 Å². The minimum atomic E-state index is -0.295. The number of furan rings is 1. The molecule has 0 spiro atoms. The summed E-state index contributed by atoms with van der Waals surface area (Å²) in [6.45, 7) is 2.52. The molecule has 7 heteroatoms. The Balaban J connectivity index is 1.64. The fraction of sp³-hybridized carbons (Fsp3) is 0.278. The van der Waals surface area contributed by atoms with Gasteiger partial charge in [0.05, 0.1) is 18.7 Å². The molecule has 128 valence electrons. The quantitative estimate of drug-likeness (QED) is 0.785. The van der Waals surface area contributed by atoms with Crippen LogP contribution in [0.25, 0.3) is 11.6 Å². The minimum Gasteiger partial charge on any atom is -0.461 e. The van der Waals surface area contributed by atoms with Crippen molar-refractivity contribution in [3.63, 3.8) is 0 Å². The Morgan fingerprint density at radius 1 is 1.32 bits per heavy atom. The van der Waals surface area contributed by atoms with Crippen LogP contribution in [0, 0.1) is 0 Å². The highest BCUT2D eigenvalue weighted by Gasteiger charge is 2.33. The number of carbonyl (C=O) groups excluding carboxylic acids is 1. The highest BCUT2D eigenvalue weighted by Crippen LogP contribution is 2.38. The molecule has 1 aromatic carbocycles. The summed E-state index contributed by atoms with van der Waals surface area (Å²) < 4.78 is 10.7. The van der Waals surface area contributed by atoms with Crippen LogP contribution in [0.1, 0.15) is 30.7 Å². The van der Waals surface area contributed by atoms with E-state index in [-0.39, 0.29) is 17.9 Å². The number of primary amides is 1. The fourth-order valence-corrected chi connectivity index (χ4v) is 3.36. The van der Waals surface area contributed by atoms with E-state index in [9.17, 15) is 4.79 Å². The second-order valence-electron chi connectivity index (χ2n) is 6.22. The molecule has 0 saturated heterocycles. The van der Waals surface area contributed by atoms with Gasteiger partial charge in [-0.3, -0.25) is 4.79 Å². The Kier molecular flexibility index (Phi) is 3.76. The van der Waals surface area contributed by atoms with E-state index in [1.807, 2.05) is 24.3 Å². The third kappa shape index (κ3) is 2.77. The molecule has 1 aliphatic rings. The highest BCUT2D eigenvalue weighted by molar-refractivity contribution is 5.85. The van der Waals surface area contributed by atoms with Gasteiger partial charge in [-0.1, -0.05) is 23.4 Å². The number of fused-ring (bicyclic) bond motifs is 1. The number of nitrogens with zero attached hydrogens (tertiary/aromatic N) is 3. The van der Waals surface area contributed by atoms with E-state index in [2.05, 4.69) is 22.0 Å². The van der Waals surface area contributed by atoms with Crippen LogP contribution in [0.3, 0.4) is 0 Å². The molecule has 2 atom stereocenters. The van der Waals surface area contributed by atoms with Gasteiger partial charge in [0.15, 0.2) is 5.76 Å². The summed E-state index contributed by atoms with van der Waals surface area (Å²) in [6, 6.07) is 11.5. The van der Waals surface area contributed by atoms with Crippen molar-refractivity contribution in [1.29, 1.82) is 0 Å². The van der Waals surface area contributed by atoms with E-state index < -0.39 is 0 Å². The number of carbonyl (C=O) groups is 1. The molecule has 0 radical (unpaired) electrons. The van der Waals surface area contributed by atoms with E-state index >= 15 is 0 Å². The van der Waals surface area contributed by atoms with E-state index in [0.717, 1.165) is 11.3 Å². The van der Waals surface area contributed by atoms with E-state index in [4.69, 9.17) is 14.7 Å². The molecular formula is C18H18N4O3. The van der Waals surface area contributed by atoms with E-state index in [0.29, 0.717) is 30.4 Å². The first-order valence-electron chi connectivity index (χ1n) is 8.15. The third-order valence-corrected chi connectivity index (χ3v) is 4.59. The lowest BCUT2D eigenvalue weighted by molar-refractivity contribution is -0.119. The molecule has 25 heavy (non-hydrogen) atoms. The number of anilines is 1. The van der Waals surface area contributed by atoms with Gasteiger partial charge in [0.25, 0.3) is 0 Å². The number of nitrogens with two attached hydrogens (primary N) is 1. The maximum atomic E-state index is 11.8. The fourth-order valence-electron chi connectivity index (χ4n) is 3.36. The second kappa shape index (κ2) is 6.08. The molecule has 0 aliphatic carbocycles. The third-order valence-electron chi connectivity index (χ3n) is 4.59. The summed E-state index contributed by atoms with van der Waals surface area (Å²) in [4.78, 5) is 18.4. The summed E-state index contributed by atoms with van der Waals surface area (Å²) in [5.74, 6) is 0.912. The van der Waals surface area contributed by atoms with Crippen LogP contribution in [0.5, 0.6) is 0 Å². The van der Waals surface area contributed by atoms with Crippen LogP contribution in [0.4, 0.5) is 5.69 Å². The SMILES string of the molecule is C[C@@H]1C[C@@H](C(N)=O)c2ccccc2N1Cc1nc(-c2ccco2)no1. The van der Waals surface area contributed by atoms with Gasteiger partial charge in [0.2, 0.25) is 17.6 Å². The number of aromatic nitrogens is 2. The average molecular weight is 338 g/mol. The van der Waals surface area contributed by atoms with Gasteiger partial charge in [0.1, 0.15) is 0 Å². The first-order valence-corrected chi connectivity index (χ1v) is 8.15. The highest BCUT2D eigenvalue weighted by atomic mass is 16.5. The van der Waals surface area contributed by atoms with Crippen molar-refractivity contribution in [3.8, 4) is 11.6 Å². The Labute approximate surface area is 144 Å². The van der Waals surface area contributed by atoms with Crippen LogP contribution in [0.2, 0.25) is 0 Å². The Hall–Kier alpha value is -3.09. The Morgan fingerprint density at radius 2 is 2.16 bits per heavy atom. The summed E-state index contributed by atoms with van der Waals surface area (Å²) in [7, 11) is 0. The molecule has 3 heterocycles. The molecule has 1 amide bonds. The van der Waals surface area contributed by atoms with Crippen molar-refractivity contribution in [2.45, 2.75) is 31.8 Å². The molecule has 0 saturated carbocycles. The molecule has 1 aliphatic heterocycles. The second-order valence-corrected chi connectivity index (χ2v) is 6.22. The summed E-state index contributed by atoms with van der Waals surface area (Å²) in [5.41, 5.74) is 7.51. The van der Waals surface area contributed by atoms with Crippen molar-refractivity contribution in [2.75, 3.05) is 4.90 Å². The molecule has 2 N–H and O–H groups in total. The maximum absolute atomic E-state index is 11.8. The zero-order valence-corrected chi connectivity index (χ0v) is 13.8. The standard InChI is InChI=1S/C18H18N4O3/c1-11-9-13(17(19)23)12-5-2-3-6-14(12)22(11)10-16-20-18(21-25-16)15-7-4-8-24-15/h2-8,11,13H,9-10H2,1H3,(H2,19,23)/t11-,13-/m1/s1. The van der Waals surface area contributed by atoms with Gasteiger partial charge in [-0.15, -0.1) is 0 Å². The normalized spacial score (nSPS) is 19.6. The number of para-hydroxylation sites is 1. The number of benzene rings is 1. The van der Waals surface area contributed by atoms with Crippen molar-refractivity contribution in [3.05, 3.63) is 54.1 Å². The molecule has 4 rings (SSSR count). The van der Waals surface area contributed by atoms with Crippen molar-refractivity contribution in [1.82, 2.24) is 10.1 Å². The largest absolute Gasteiger partial charge is 0.461 e. The van der Waals surface area contributed by atoms with Gasteiger partial charge in [-0.25, -0.2) is 0 Å². The lowest BCUT2D eigenvalue weighted by Crippen LogP contribution is -2.41. The first-order chi connectivity index (χ1) is 12.1. The predicted octanol–water partition coefficient (Wildman–Crippen LogP) is 2.70. The number of hydrogen-bond donors (Lipinski definition) is 1. The molecule has 0 bridgehead atoms. The van der Waals surface area contributed by atoms with Crippen molar-refractivity contribution < 1.29 is 13.7 Å². The predicted molar refractivity (Wildman–Crippen MR) is 90.6 cm³/mol. The van der Waals surface area contributed by atoms with Crippen molar-refractivity contribution in [2.24, 2.45) is 5.73 Å². The van der Waals surface area contributed by atoms with E-state index in [1.165, 1.54) is 0 Å². The number of amides is 1. The lowest BCUT2D eigenvalue weighted by Gasteiger charge is -2.39. The van der Waals surface area contributed by atoms with Gasteiger partial charge < -0.3 is 19.6 Å². The van der Waals surface area contributed by atoms with E-state index in [1.54, 1.807) is 18.4 Å². The van der Waals surface area contributed by atoms with Crippen LogP contribution < -0.4 is 10.6 Å². The Bertz CT molecular complexity index is 887. The zero-order chi connectivity index (χ0) is 17.4. The Morgan fingerprint density at radius 3 is 2.92 bits per heavy atom. The molecular weight excluding hydrogens is 320 g/mol.